The second-order valence-electron chi connectivity index (χ2n) is 4.13. The second-order valence-corrected chi connectivity index (χ2v) is 4.13. The number of hydrogen-bond donors (Lipinski definition) is 0. The van der Waals surface area contributed by atoms with Gasteiger partial charge in [-0.05, 0) is 40.6 Å². The Labute approximate surface area is 107 Å². The molecule has 0 aliphatic heterocycles. The minimum Gasteiger partial charge on any atom is -0.497 e. The quantitative estimate of drug-likeness (QED) is 0.759. The molecule has 0 aliphatic carbocycles. The molecule has 18 heavy (non-hydrogen) atoms. The molecule has 0 saturated carbocycles. The molecule has 0 atom stereocenters. The number of carbonyl (C=O) groups excluding carboxylic acids is 1. The van der Waals surface area contributed by atoms with Gasteiger partial charge in [-0.25, -0.2) is 0 Å². The van der Waals surface area contributed by atoms with E-state index in [0.717, 1.165) is 22.1 Å². The summed E-state index contributed by atoms with van der Waals surface area (Å²) in [6.45, 7) is 1.86. The Bertz CT molecular complexity index is 597. The van der Waals surface area contributed by atoms with Crippen LogP contribution < -0.4 is 4.74 Å². The molecule has 0 heterocycles. The molecule has 0 radical (unpaired) electrons. The normalized spacial score (nSPS) is 11.0. The third-order valence-electron chi connectivity index (χ3n) is 2.88. The Hall–Kier alpha value is -2.09. The molecule has 0 unspecified atom stereocenters. The van der Waals surface area contributed by atoms with Gasteiger partial charge in [-0.1, -0.05) is 31.2 Å². The molecule has 0 aliphatic rings. The molecular weight excluding hydrogens is 224 g/mol. The van der Waals surface area contributed by atoms with E-state index in [1.807, 2.05) is 43.3 Å². The van der Waals surface area contributed by atoms with Gasteiger partial charge in [0.15, 0.2) is 5.78 Å². The lowest BCUT2D eigenvalue weighted by Gasteiger charge is -2.03. The first kappa shape index (κ1) is 12.4. The number of methoxy groups -OCH3 is 1. The maximum atomic E-state index is 11.2. The molecule has 2 heteroatoms. The molecule has 0 bridgehead atoms. The van der Waals surface area contributed by atoms with Crippen LogP contribution in [0, 0.1) is 0 Å². The Kier molecular flexibility index (Phi) is 3.78. The summed E-state index contributed by atoms with van der Waals surface area (Å²) < 4.78 is 5.19. The van der Waals surface area contributed by atoms with E-state index in [-0.39, 0.29) is 5.78 Å². The fourth-order valence-corrected chi connectivity index (χ4v) is 1.78. The second kappa shape index (κ2) is 5.50. The molecule has 2 nitrogen and oxygen atoms in total. The fraction of sp³-hybridized carbons (Fsp3) is 0.188. The van der Waals surface area contributed by atoms with Crippen LogP contribution in [0.4, 0.5) is 0 Å². The van der Waals surface area contributed by atoms with Gasteiger partial charge in [0.1, 0.15) is 5.75 Å². The Balaban J connectivity index is 2.33. The predicted molar refractivity (Wildman–Crippen MR) is 74.8 cm³/mol. The lowest BCUT2D eigenvalue weighted by Crippen LogP contribution is -1.87. The summed E-state index contributed by atoms with van der Waals surface area (Å²) in [6.07, 6.45) is 4.03. The molecule has 0 saturated heterocycles. The summed E-state index contributed by atoms with van der Waals surface area (Å²) in [5.74, 6) is 0.997. The first-order valence-electron chi connectivity index (χ1n) is 6.01. The van der Waals surface area contributed by atoms with E-state index >= 15 is 0 Å². The summed E-state index contributed by atoms with van der Waals surface area (Å²) in [4.78, 5) is 11.2. The molecule has 92 valence electrons. The number of benzene rings is 2. The van der Waals surface area contributed by atoms with Gasteiger partial charge in [0.2, 0.25) is 0 Å². The zero-order chi connectivity index (χ0) is 13.0. The van der Waals surface area contributed by atoms with Crippen LogP contribution in [-0.2, 0) is 4.79 Å². The maximum absolute atomic E-state index is 11.2. The number of allylic oxidation sites excluding steroid dienone is 1. The molecule has 0 amide bonds. The van der Waals surface area contributed by atoms with Crippen LogP contribution in [0.2, 0.25) is 0 Å². The van der Waals surface area contributed by atoms with Crippen molar-refractivity contribution in [3.63, 3.8) is 0 Å². The monoisotopic (exact) mass is 240 g/mol. The third-order valence-corrected chi connectivity index (χ3v) is 2.88. The van der Waals surface area contributed by atoms with Crippen LogP contribution >= 0.6 is 0 Å². The van der Waals surface area contributed by atoms with Crippen LogP contribution in [0.25, 0.3) is 16.8 Å². The van der Waals surface area contributed by atoms with Crippen LogP contribution in [0.15, 0.2) is 42.5 Å². The van der Waals surface area contributed by atoms with Crippen molar-refractivity contribution in [3.05, 3.63) is 48.0 Å². The largest absolute Gasteiger partial charge is 0.497 e. The third kappa shape index (κ3) is 2.77. The average Bonchev–Trinajstić information content (AvgIpc) is 2.43. The minimum atomic E-state index is 0.143. The van der Waals surface area contributed by atoms with Crippen molar-refractivity contribution in [1.29, 1.82) is 0 Å². The summed E-state index contributed by atoms with van der Waals surface area (Å²) in [6, 6.07) is 12.1. The van der Waals surface area contributed by atoms with Crippen molar-refractivity contribution in [3.8, 4) is 5.75 Å². The highest BCUT2D eigenvalue weighted by molar-refractivity contribution is 5.94. The molecule has 2 aromatic carbocycles. The van der Waals surface area contributed by atoms with Gasteiger partial charge in [-0.15, -0.1) is 0 Å². The fourth-order valence-electron chi connectivity index (χ4n) is 1.78. The average molecular weight is 240 g/mol. The lowest BCUT2D eigenvalue weighted by molar-refractivity contribution is -0.114. The summed E-state index contributed by atoms with van der Waals surface area (Å²) in [5, 5.41) is 2.27. The number of ketones is 1. The SMILES string of the molecule is CCC(=O)/C=C/c1ccc2cc(OC)ccc2c1. The molecule has 0 aromatic heterocycles. The minimum absolute atomic E-state index is 0.143. The predicted octanol–water partition coefficient (Wildman–Crippen LogP) is 3.84. The first-order valence-corrected chi connectivity index (χ1v) is 6.01. The highest BCUT2D eigenvalue weighted by atomic mass is 16.5. The van der Waals surface area contributed by atoms with Crippen LogP contribution in [0.5, 0.6) is 5.75 Å². The zero-order valence-corrected chi connectivity index (χ0v) is 10.6. The number of rotatable bonds is 4. The molecule has 2 aromatic rings. The van der Waals surface area contributed by atoms with Gasteiger partial charge < -0.3 is 4.74 Å². The van der Waals surface area contributed by atoms with Crippen molar-refractivity contribution in [2.24, 2.45) is 0 Å². The zero-order valence-electron chi connectivity index (χ0n) is 10.6. The van der Waals surface area contributed by atoms with Crippen molar-refractivity contribution in [1.82, 2.24) is 0 Å². The van der Waals surface area contributed by atoms with Gasteiger partial charge >= 0.3 is 0 Å². The van der Waals surface area contributed by atoms with Gasteiger partial charge in [0.25, 0.3) is 0 Å². The van der Waals surface area contributed by atoms with Gasteiger partial charge in [0.05, 0.1) is 7.11 Å². The van der Waals surface area contributed by atoms with E-state index in [1.54, 1.807) is 13.2 Å². The molecule has 0 spiro atoms. The number of carbonyl (C=O) groups is 1. The molecule has 2 rings (SSSR count). The number of hydrogen-bond acceptors (Lipinski definition) is 2. The lowest BCUT2D eigenvalue weighted by atomic mass is 10.1. The summed E-state index contributed by atoms with van der Waals surface area (Å²) in [5.41, 5.74) is 1.04. The van der Waals surface area contributed by atoms with Crippen molar-refractivity contribution in [2.45, 2.75) is 13.3 Å². The van der Waals surface area contributed by atoms with E-state index in [0.29, 0.717) is 6.42 Å². The van der Waals surface area contributed by atoms with E-state index in [2.05, 4.69) is 6.07 Å². The van der Waals surface area contributed by atoms with Crippen LogP contribution in [0.1, 0.15) is 18.9 Å². The van der Waals surface area contributed by atoms with Crippen LogP contribution in [0.3, 0.4) is 0 Å². The Morgan fingerprint density at radius 1 is 1.17 bits per heavy atom. The highest BCUT2D eigenvalue weighted by Crippen LogP contribution is 2.22. The first-order chi connectivity index (χ1) is 8.72. The Morgan fingerprint density at radius 2 is 1.89 bits per heavy atom. The van der Waals surface area contributed by atoms with Crippen molar-refractivity contribution < 1.29 is 9.53 Å². The maximum Gasteiger partial charge on any atom is 0.155 e. The standard InChI is InChI=1S/C16H16O2/c1-3-15(17)8-5-12-4-6-14-11-16(18-2)9-7-13(14)10-12/h4-11H,3H2,1-2H3/b8-5+. The summed E-state index contributed by atoms with van der Waals surface area (Å²) >= 11 is 0. The van der Waals surface area contributed by atoms with Gasteiger partial charge in [-0.3, -0.25) is 4.79 Å². The number of fused-ring (bicyclic) bond motifs is 1. The molecular formula is C16H16O2. The van der Waals surface area contributed by atoms with E-state index in [4.69, 9.17) is 4.74 Å². The topological polar surface area (TPSA) is 26.3 Å². The van der Waals surface area contributed by atoms with Crippen molar-refractivity contribution in [2.75, 3.05) is 7.11 Å². The van der Waals surface area contributed by atoms with Crippen LogP contribution in [-0.4, -0.2) is 12.9 Å². The van der Waals surface area contributed by atoms with Gasteiger partial charge in [-0.2, -0.15) is 0 Å². The summed E-state index contributed by atoms with van der Waals surface area (Å²) in [7, 11) is 1.66. The van der Waals surface area contributed by atoms with E-state index in [9.17, 15) is 4.79 Å². The number of ether oxygens (including phenoxy) is 1. The molecule has 0 N–H and O–H groups in total. The van der Waals surface area contributed by atoms with Crippen molar-refractivity contribution >= 4 is 22.6 Å². The smallest absolute Gasteiger partial charge is 0.155 e. The van der Waals surface area contributed by atoms with Gasteiger partial charge in [0, 0.05) is 6.42 Å². The Morgan fingerprint density at radius 3 is 2.61 bits per heavy atom. The van der Waals surface area contributed by atoms with E-state index < -0.39 is 0 Å². The van der Waals surface area contributed by atoms with E-state index in [1.165, 1.54) is 0 Å². The highest BCUT2D eigenvalue weighted by Gasteiger charge is 1.97. The molecule has 0 fully saturated rings.